The maximum atomic E-state index is 13.1. The number of nitrogens with zero attached hydrogens (tertiary/aromatic N) is 2. The zero-order chi connectivity index (χ0) is 23.4. The minimum atomic E-state index is -0.200. The summed E-state index contributed by atoms with van der Waals surface area (Å²) in [5.41, 5.74) is 0.428. The molecule has 3 saturated heterocycles. The van der Waals surface area contributed by atoms with E-state index in [4.69, 9.17) is 14.2 Å². The van der Waals surface area contributed by atoms with Crippen molar-refractivity contribution in [2.24, 2.45) is 0 Å². The summed E-state index contributed by atoms with van der Waals surface area (Å²) in [6.07, 6.45) is 4.08. The Labute approximate surface area is 200 Å². The molecule has 180 valence electrons. The Balaban J connectivity index is 1.11. The summed E-state index contributed by atoms with van der Waals surface area (Å²) in [4.78, 5) is 28.6. The number of carbonyl (C=O) groups excluding carboxylic acids is 2. The molecular formula is C27H32N2O5. The zero-order valence-corrected chi connectivity index (χ0v) is 19.5. The van der Waals surface area contributed by atoms with Gasteiger partial charge in [0.15, 0.2) is 0 Å². The second kappa shape index (κ2) is 10.1. The number of hydrogen-bond acceptors (Lipinski definition) is 5. The lowest BCUT2D eigenvalue weighted by Crippen LogP contribution is -2.46. The van der Waals surface area contributed by atoms with E-state index in [0.717, 1.165) is 38.0 Å². The lowest BCUT2D eigenvalue weighted by atomic mass is 9.87. The van der Waals surface area contributed by atoms with Crippen LogP contribution >= 0.6 is 0 Å². The maximum Gasteiger partial charge on any atom is 0.253 e. The van der Waals surface area contributed by atoms with Crippen LogP contribution in [-0.2, 0) is 9.53 Å². The molecule has 0 bridgehead atoms. The van der Waals surface area contributed by atoms with Crippen molar-refractivity contribution in [1.82, 2.24) is 9.80 Å². The van der Waals surface area contributed by atoms with Crippen molar-refractivity contribution in [3.63, 3.8) is 0 Å². The van der Waals surface area contributed by atoms with Crippen molar-refractivity contribution in [2.45, 2.75) is 43.8 Å². The van der Waals surface area contributed by atoms with Crippen LogP contribution in [-0.4, -0.2) is 72.7 Å². The van der Waals surface area contributed by atoms with Gasteiger partial charge in [-0.3, -0.25) is 9.59 Å². The number of carbonyl (C=O) groups is 2. The van der Waals surface area contributed by atoms with Crippen molar-refractivity contribution in [2.75, 3.05) is 39.4 Å². The number of para-hydroxylation sites is 1. The molecule has 0 aromatic heterocycles. The predicted octanol–water partition coefficient (Wildman–Crippen LogP) is 3.53. The van der Waals surface area contributed by atoms with Crippen LogP contribution in [0.4, 0.5) is 0 Å². The van der Waals surface area contributed by atoms with Gasteiger partial charge in [-0.05, 0) is 49.6 Å². The molecule has 3 heterocycles. The van der Waals surface area contributed by atoms with E-state index in [-0.39, 0.29) is 23.5 Å². The maximum absolute atomic E-state index is 13.1. The van der Waals surface area contributed by atoms with E-state index < -0.39 is 0 Å². The van der Waals surface area contributed by atoms with Gasteiger partial charge in [-0.25, -0.2) is 0 Å². The fourth-order valence-corrected chi connectivity index (χ4v) is 5.15. The average molecular weight is 465 g/mol. The van der Waals surface area contributed by atoms with E-state index in [1.165, 1.54) is 0 Å². The number of ether oxygens (including phenoxy) is 3. The number of hydrogen-bond donors (Lipinski definition) is 0. The lowest BCUT2D eigenvalue weighted by molar-refractivity contribution is -0.128. The highest BCUT2D eigenvalue weighted by Gasteiger charge is 2.44. The predicted molar refractivity (Wildman–Crippen MR) is 127 cm³/mol. The van der Waals surface area contributed by atoms with E-state index in [9.17, 15) is 9.59 Å². The van der Waals surface area contributed by atoms with E-state index in [2.05, 4.69) is 0 Å². The summed E-state index contributed by atoms with van der Waals surface area (Å²) in [5.74, 6) is 1.74. The zero-order valence-electron chi connectivity index (χ0n) is 19.5. The van der Waals surface area contributed by atoms with Crippen molar-refractivity contribution in [3.8, 4) is 11.5 Å². The fraction of sp³-hybridized carbons (Fsp3) is 0.481. The fourth-order valence-electron chi connectivity index (χ4n) is 5.15. The topological polar surface area (TPSA) is 68.3 Å². The van der Waals surface area contributed by atoms with E-state index in [1.54, 1.807) is 6.07 Å². The molecule has 1 atom stereocenters. The summed E-state index contributed by atoms with van der Waals surface area (Å²) in [6.45, 7) is 3.74. The molecule has 0 N–H and O–H groups in total. The number of piperidine rings is 1. The minimum absolute atomic E-state index is 0.0186. The molecule has 0 radical (unpaired) electrons. The molecular weight excluding hydrogens is 432 g/mol. The molecule has 0 saturated carbocycles. The molecule has 3 fully saturated rings. The SMILES string of the molecule is O=C1CCCN1CCOc1cccc(C(=O)N2CCC3(CC2)C[C@H](Oc2ccccc2)CO3)c1. The number of benzene rings is 2. The molecule has 0 aliphatic carbocycles. The van der Waals surface area contributed by atoms with Crippen LogP contribution in [0.25, 0.3) is 0 Å². The summed E-state index contributed by atoms with van der Waals surface area (Å²) >= 11 is 0. The molecule has 2 aromatic rings. The standard InChI is InChI=1S/C27H32N2O5/c30-25-10-5-13-28(25)16-17-32-23-9-4-6-21(18-23)26(31)29-14-11-27(12-15-29)19-24(20-33-27)34-22-7-2-1-3-8-22/h1-4,6-9,18,24H,5,10-17,19-20H2/t24-/m0/s1. The van der Waals surface area contributed by atoms with Gasteiger partial charge >= 0.3 is 0 Å². The van der Waals surface area contributed by atoms with Crippen molar-refractivity contribution in [1.29, 1.82) is 0 Å². The van der Waals surface area contributed by atoms with Gasteiger partial charge in [0.05, 0.1) is 18.8 Å². The first-order chi connectivity index (χ1) is 16.6. The highest BCUT2D eigenvalue weighted by molar-refractivity contribution is 5.94. The Kier molecular flexibility index (Phi) is 6.72. The van der Waals surface area contributed by atoms with Crippen LogP contribution in [0.15, 0.2) is 54.6 Å². The summed E-state index contributed by atoms with van der Waals surface area (Å²) in [5, 5.41) is 0. The smallest absolute Gasteiger partial charge is 0.253 e. The monoisotopic (exact) mass is 464 g/mol. The van der Waals surface area contributed by atoms with Gasteiger partial charge in [-0.15, -0.1) is 0 Å². The second-order valence-electron chi connectivity index (χ2n) is 9.40. The molecule has 7 nitrogen and oxygen atoms in total. The molecule has 2 amide bonds. The van der Waals surface area contributed by atoms with Crippen molar-refractivity contribution < 1.29 is 23.8 Å². The Morgan fingerprint density at radius 3 is 2.59 bits per heavy atom. The first-order valence-electron chi connectivity index (χ1n) is 12.3. The molecule has 34 heavy (non-hydrogen) atoms. The third-order valence-corrected chi connectivity index (χ3v) is 7.07. The van der Waals surface area contributed by atoms with Crippen LogP contribution in [0.5, 0.6) is 11.5 Å². The van der Waals surface area contributed by atoms with Gasteiger partial charge in [0.1, 0.15) is 24.2 Å². The Bertz CT molecular complexity index is 1000. The average Bonchev–Trinajstić information content (AvgIpc) is 3.46. The lowest BCUT2D eigenvalue weighted by Gasteiger charge is -2.38. The first kappa shape index (κ1) is 22.7. The molecule has 0 unspecified atom stereocenters. The second-order valence-corrected chi connectivity index (χ2v) is 9.40. The highest BCUT2D eigenvalue weighted by atomic mass is 16.6. The Morgan fingerprint density at radius 1 is 1.03 bits per heavy atom. The van der Waals surface area contributed by atoms with E-state index >= 15 is 0 Å². The molecule has 1 spiro atoms. The van der Waals surface area contributed by atoms with Crippen LogP contribution in [0.1, 0.15) is 42.5 Å². The number of likely N-dealkylation sites (tertiary alicyclic amines) is 2. The molecule has 5 rings (SSSR count). The quantitative estimate of drug-likeness (QED) is 0.627. The third kappa shape index (κ3) is 5.20. The third-order valence-electron chi connectivity index (χ3n) is 7.07. The van der Waals surface area contributed by atoms with E-state index in [1.807, 2.05) is 58.3 Å². The summed E-state index contributed by atoms with van der Waals surface area (Å²) < 4.78 is 18.1. The first-order valence-corrected chi connectivity index (χ1v) is 12.3. The molecule has 7 heteroatoms. The molecule has 3 aliphatic rings. The van der Waals surface area contributed by atoms with Gasteiger partial charge in [0, 0.05) is 38.0 Å². The summed E-state index contributed by atoms with van der Waals surface area (Å²) in [6, 6.07) is 17.2. The van der Waals surface area contributed by atoms with Crippen molar-refractivity contribution >= 4 is 11.8 Å². The Hall–Kier alpha value is -3.06. The Morgan fingerprint density at radius 2 is 1.82 bits per heavy atom. The van der Waals surface area contributed by atoms with Crippen LogP contribution in [0, 0.1) is 0 Å². The number of rotatable bonds is 7. The molecule has 2 aromatic carbocycles. The molecule has 3 aliphatic heterocycles. The van der Waals surface area contributed by atoms with Crippen LogP contribution in [0.2, 0.25) is 0 Å². The van der Waals surface area contributed by atoms with Gasteiger partial charge in [0.2, 0.25) is 5.91 Å². The number of amides is 2. The van der Waals surface area contributed by atoms with E-state index in [0.29, 0.717) is 50.6 Å². The van der Waals surface area contributed by atoms with Crippen molar-refractivity contribution in [3.05, 3.63) is 60.2 Å². The van der Waals surface area contributed by atoms with Gasteiger partial charge in [-0.2, -0.15) is 0 Å². The highest BCUT2D eigenvalue weighted by Crippen LogP contribution is 2.37. The van der Waals surface area contributed by atoms with Gasteiger partial charge < -0.3 is 24.0 Å². The summed E-state index contributed by atoms with van der Waals surface area (Å²) in [7, 11) is 0. The van der Waals surface area contributed by atoms with Crippen LogP contribution in [0.3, 0.4) is 0 Å². The normalized spacial score (nSPS) is 21.8. The largest absolute Gasteiger partial charge is 0.492 e. The van der Waals surface area contributed by atoms with Gasteiger partial charge in [0.25, 0.3) is 5.91 Å². The van der Waals surface area contributed by atoms with Crippen LogP contribution < -0.4 is 9.47 Å². The minimum Gasteiger partial charge on any atom is -0.492 e. The van der Waals surface area contributed by atoms with Gasteiger partial charge in [-0.1, -0.05) is 24.3 Å².